The first-order valence-electron chi connectivity index (χ1n) is 7.95. The average Bonchev–Trinajstić information content (AvgIpc) is 2.32. The van der Waals surface area contributed by atoms with Gasteiger partial charge in [-0.1, -0.05) is 56.5 Å². The van der Waals surface area contributed by atoms with Crippen molar-refractivity contribution < 1.29 is 0 Å². The fourth-order valence-electron chi connectivity index (χ4n) is 2.88. The molecule has 0 atom stereocenters. The topological polar surface area (TPSA) is 12.0 Å². The fraction of sp³-hybridized carbons (Fsp3) is 0.667. The van der Waals surface area contributed by atoms with Gasteiger partial charge in [0.1, 0.15) is 0 Å². The third kappa shape index (κ3) is 4.65. The van der Waals surface area contributed by atoms with E-state index in [9.17, 15) is 0 Å². The van der Waals surface area contributed by atoms with E-state index in [4.69, 9.17) is 0 Å². The lowest BCUT2D eigenvalue weighted by molar-refractivity contribution is 0.289. The van der Waals surface area contributed by atoms with Gasteiger partial charge in [-0.05, 0) is 50.1 Å². The zero-order valence-corrected chi connectivity index (χ0v) is 12.8. The molecule has 0 bridgehead atoms. The van der Waals surface area contributed by atoms with Crippen molar-refractivity contribution in [2.45, 2.75) is 64.8 Å². The van der Waals surface area contributed by atoms with Crippen molar-refractivity contribution >= 4 is 0 Å². The number of nitrogens with one attached hydrogen (secondary N) is 1. The molecule has 1 heteroatoms. The standard InChI is InChI=1S/C18H29N/c1-14(2)6-4-5-11-19-18-12-17(13-18)16-9-7-15(3)8-10-16/h7-10,14,17-19H,4-6,11-13H2,1-3H3. The molecular weight excluding hydrogens is 230 g/mol. The number of unbranched alkanes of at least 4 members (excludes halogenated alkanes) is 1. The Balaban J connectivity index is 1.57. The van der Waals surface area contributed by atoms with Gasteiger partial charge in [-0.15, -0.1) is 0 Å². The Hall–Kier alpha value is -0.820. The average molecular weight is 259 g/mol. The molecule has 0 aromatic heterocycles. The van der Waals surface area contributed by atoms with Crippen molar-refractivity contribution in [1.29, 1.82) is 0 Å². The first-order valence-corrected chi connectivity index (χ1v) is 7.95. The van der Waals surface area contributed by atoms with Crippen LogP contribution in [0.4, 0.5) is 0 Å². The lowest BCUT2D eigenvalue weighted by atomic mass is 9.75. The summed E-state index contributed by atoms with van der Waals surface area (Å²) >= 11 is 0. The Labute approximate surface area is 118 Å². The van der Waals surface area contributed by atoms with Crippen LogP contribution < -0.4 is 5.32 Å². The molecule has 1 aromatic carbocycles. The summed E-state index contributed by atoms with van der Waals surface area (Å²) in [4.78, 5) is 0. The van der Waals surface area contributed by atoms with E-state index in [1.165, 1.54) is 49.8 Å². The Morgan fingerprint density at radius 2 is 1.79 bits per heavy atom. The molecule has 1 aromatic rings. The summed E-state index contributed by atoms with van der Waals surface area (Å²) in [6, 6.07) is 9.85. The Kier molecular flexibility index (Phi) is 5.45. The summed E-state index contributed by atoms with van der Waals surface area (Å²) in [5.41, 5.74) is 2.89. The van der Waals surface area contributed by atoms with Crippen LogP contribution in [0.3, 0.4) is 0 Å². The highest BCUT2D eigenvalue weighted by Gasteiger charge is 2.29. The molecule has 1 nitrogen and oxygen atoms in total. The predicted octanol–water partition coefficient (Wildman–Crippen LogP) is 4.66. The number of hydrogen-bond acceptors (Lipinski definition) is 1. The van der Waals surface area contributed by atoms with Gasteiger partial charge >= 0.3 is 0 Å². The molecule has 0 saturated heterocycles. The van der Waals surface area contributed by atoms with Gasteiger partial charge in [0.05, 0.1) is 0 Å². The number of hydrogen-bond donors (Lipinski definition) is 1. The van der Waals surface area contributed by atoms with Gasteiger partial charge in [0.15, 0.2) is 0 Å². The van der Waals surface area contributed by atoms with Crippen molar-refractivity contribution in [3.63, 3.8) is 0 Å². The monoisotopic (exact) mass is 259 g/mol. The van der Waals surface area contributed by atoms with Crippen LogP contribution in [-0.2, 0) is 0 Å². The molecule has 106 valence electrons. The lowest BCUT2D eigenvalue weighted by Crippen LogP contribution is -2.40. The second-order valence-corrected chi connectivity index (χ2v) is 6.62. The molecule has 1 aliphatic carbocycles. The van der Waals surface area contributed by atoms with Crippen molar-refractivity contribution in [3.05, 3.63) is 35.4 Å². The van der Waals surface area contributed by atoms with E-state index >= 15 is 0 Å². The molecule has 1 saturated carbocycles. The van der Waals surface area contributed by atoms with Gasteiger partial charge in [0.25, 0.3) is 0 Å². The van der Waals surface area contributed by atoms with Gasteiger partial charge in [0.2, 0.25) is 0 Å². The zero-order valence-electron chi connectivity index (χ0n) is 12.8. The third-order valence-electron chi connectivity index (χ3n) is 4.33. The highest BCUT2D eigenvalue weighted by Crippen LogP contribution is 2.36. The number of rotatable bonds is 7. The minimum Gasteiger partial charge on any atom is -0.314 e. The highest BCUT2D eigenvalue weighted by molar-refractivity contribution is 5.26. The second kappa shape index (κ2) is 7.09. The van der Waals surface area contributed by atoms with E-state index in [1.54, 1.807) is 0 Å². The van der Waals surface area contributed by atoms with E-state index in [0.717, 1.165) is 17.9 Å². The maximum atomic E-state index is 3.70. The van der Waals surface area contributed by atoms with Crippen LogP contribution >= 0.6 is 0 Å². The van der Waals surface area contributed by atoms with Gasteiger partial charge in [-0.2, -0.15) is 0 Å². The molecular formula is C18H29N. The van der Waals surface area contributed by atoms with Crippen molar-refractivity contribution in [1.82, 2.24) is 5.32 Å². The molecule has 0 amide bonds. The van der Waals surface area contributed by atoms with Crippen molar-refractivity contribution in [3.8, 4) is 0 Å². The first kappa shape index (κ1) is 14.6. The van der Waals surface area contributed by atoms with Gasteiger partial charge in [-0.25, -0.2) is 0 Å². The third-order valence-corrected chi connectivity index (χ3v) is 4.33. The minimum atomic E-state index is 0.769. The van der Waals surface area contributed by atoms with Crippen LogP contribution in [0.15, 0.2) is 24.3 Å². The first-order chi connectivity index (χ1) is 9.15. The molecule has 1 fully saturated rings. The van der Waals surface area contributed by atoms with E-state index in [1.807, 2.05) is 0 Å². The van der Waals surface area contributed by atoms with E-state index < -0.39 is 0 Å². The van der Waals surface area contributed by atoms with Crippen LogP contribution in [-0.4, -0.2) is 12.6 Å². The fourth-order valence-corrected chi connectivity index (χ4v) is 2.88. The summed E-state index contributed by atoms with van der Waals surface area (Å²) in [6.45, 7) is 7.99. The maximum Gasteiger partial charge on any atom is 0.00787 e. The largest absolute Gasteiger partial charge is 0.314 e. The Morgan fingerprint density at radius 1 is 1.11 bits per heavy atom. The summed E-state index contributed by atoms with van der Waals surface area (Å²) in [5, 5.41) is 3.70. The van der Waals surface area contributed by atoms with E-state index in [2.05, 4.69) is 50.4 Å². The van der Waals surface area contributed by atoms with Crippen molar-refractivity contribution in [2.24, 2.45) is 5.92 Å². The molecule has 0 unspecified atom stereocenters. The lowest BCUT2D eigenvalue weighted by Gasteiger charge is -2.36. The van der Waals surface area contributed by atoms with Gasteiger partial charge in [0, 0.05) is 6.04 Å². The highest BCUT2D eigenvalue weighted by atomic mass is 14.9. The second-order valence-electron chi connectivity index (χ2n) is 6.62. The molecule has 0 spiro atoms. The zero-order chi connectivity index (χ0) is 13.7. The van der Waals surface area contributed by atoms with Crippen LogP contribution in [0.25, 0.3) is 0 Å². The van der Waals surface area contributed by atoms with Crippen LogP contribution in [0.2, 0.25) is 0 Å². The molecule has 0 aliphatic heterocycles. The number of benzene rings is 1. The normalized spacial score (nSPS) is 22.5. The van der Waals surface area contributed by atoms with Crippen LogP contribution in [0, 0.1) is 12.8 Å². The SMILES string of the molecule is Cc1ccc(C2CC(NCCCCC(C)C)C2)cc1. The minimum absolute atomic E-state index is 0.769. The van der Waals surface area contributed by atoms with Crippen LogP contribution in [0.5, 0.6) is 0 Å². The summed E-state index contributed by atoms with van der Waals surface area (Å²) in [6.07, 6.45) is 6.74. The van der Waals surface area contributed by atoms with E-state index in [-0.39, 0.29) is 0 Å². The number of aryl methyl sites for hydroxylation is 1. The molecule has 19 heavy (non-hydrogen) atoms. The van der Waals surface area contributed by atoms with Gasteiger partial charge in [-0.3, -0.25) is 0 Å². The molecule has 0 heterocycles. The summed E-state index contributed by atoms with van der Waals surface area (Å²) < 4.78 is 0. The summed E-state index contributed by atoms with van der Waals surface area (Å²) in [5.74, 6) is 1.66. The Morgan fingerprint density at radius 3 is 2.42 bits per heavy atom. The quantitative estimate of drug-likeness (QED) is 0.702. The molecule has 0 radical (unpaired) electrons. The van der Waals surface area contributed by atoms with Crippen LogP contribution in [0.1, 0.15) is 63.0 Å². The Bertz CT molecular complexity index is 360. The van der Waals surface area contributed by atoms with Gasteiger partial charge < -0.3 is 5.32 Å². The molecule has 1 N–H and O–H groups in total. The summed E-state index contributed by atoms with van der Waals surface area (Å²) in [7, 11) is 0. The predicted molar refractivity (Wildman–Crippen MR) is 83.6 cm³/mol. The molecule has 1 aliphatic rings. The van der Waals surface area contributed by atoms with Crippen molar-refractivity contribution in [2.75, 3.05) is 6.54 Å². The molecule has 2 rings (SSSR count). The maximum absolute atomic E-state index is 3.70. The van der Waals surface area contributed by atoms with E-state index in [0.29, 0.717) is 0 Å². The smallest absolute Gasteiger partial charge is 0.00787 e.